The van der Waals surface area contributed by atoms with Crippen molar-refractivity contribution in [1.82, 2.24) is 9.97 Å². The molecule has 1 saturated heterocycles. The highest BCUT2D eigenvalue weighted by Gasteiger charge is 2.45. The summed E-state index contributed by atoms with van der Waals surface area (Å²) in [7, 11) is 1.29. The number of carbonyl (C=O) groups excluding carboxylic acids is 1. The highest BCUT2D eigenvalue weighted by Crippen LogP contribution is 2.36. The second kappa shape index (κ2) is 6.08. The summed E-state index contributed by atoms with van der Waals surface area (Å²) in [6, 6.07) is 0. The number of methoxy groups -OCH3 is 1. The molecule has 1 amide bonds. The topological polar surface area (TPSA) is 148 Å². The van der Waals surface area contributed by atoms with Gasteiger partial charge in [0.2, 0.25) is 5.88 Å². The van der Waals surface area contributed by atoms with Crippen molar-refractivity contribution < 1.29 is 29.6 Å². The van der Waals surface area contributed by atoms with Crippen LogP contribution in [0.4, 0.5) is 0 Å². The summed E-state index contributed by atoms with van der Waals surface area (Å²) in [6.07, 6.45) is -4.84. The van der Waals surface area contributed by atoms with Gasteiger partial charge in [0.25, 0.3) is 5.91 Å². The van der Waals surface area contributed by atoms with Crippen LogP contribution in [0.3, 0.4) is 0 Å². The molecule has 9 nitrogen and oxygen atoms in total. The predicted molar refractivity (Wildman–Crippen MR) is 68.8 cm³/mol. The van der Waals surface area contributed by atoms with Crippen LogP contribution < -0.4 is 10.5 Å². The van der Waals surface area contributed by atoms with Gasteiger partial charge in [-0.25, -0.2) is 4.98 Å². The fourth-order valence-electron chi connectivity index (χ4n) is 2.03. The summed E-state index contributed by atoms with van der Waals surface area (Å²) >= 11 is 5.76. The number of carbonyl (C=O) groups is 1. The van der Waals surface area contributed by atoms with Crippen LogP contribution in [-0.2, 0) is 4.74 Å². The van der Waals surface area contributed by atoms with E-state index in [4.69, 9.17) is 31.9 Å². The van der Waals surface area contributed by atoms with Gasteiger partial charge in [0.15, 0.2) is 10.8 Å². The van der Waals surface area contributed by atoms with Gasteiger partial charge in [-0.2, -0.15) is 4.98 Å². The normalized spacial score (nSPS) is 28.6. The third kappa shape index (κ3) is 2.78. The second-order valence-electron chi connectivity index (χ2n) is 4.38. The minimum atomic E-state index is -1.38. The molecule has 10 heteroatoms. The van der Waals surface area contributed by atoms with E-state index in [9.17, 15) is 15.0 Å². The van der Waals surface area contributed by atoms with Gasteiger partial charge in [0.05, 0.1) is 13.7 Å². The van der Waals surface area contributed by atoms with E-state index in [-0.39, 0.29) is 22.4 Å². The van der Waals surface area contributed by atoms with Gasteiger partial charge in [-0.05, 0) is 0 Å². The van der Waals surface area contributed by atoms with Crippen LogP contribution in [0.1, 0.15) is 22.3 Å². The molecule has 0 saturated carbocycles. The first-order chi connectivity index (χ1) is 9.90. The first-order valence-corrected chi connectivity index (χ1v) is 6.32. The first kappa shape index (κ1) is 15.9. The molecule has 1 aliphatic heterocycles. The summed E-state index contributed by atoms with van der Waals surface area (Å²) in [5, 5.41) is 28.5. The van der Waals surface area contributed by atoms with Crippen LogP contribution in [0.5, 0.6) is 5.88 Å². The van der Waals surface area contributed by atoms with Crippen LogP contribution >= 0.6 is 11.6 Å². The maximum Gasteiger partial charge on any atom is 0.270 e. The smallest absolute Gasteiger partial charge is 0.270 e. The lowest BCUT2D eigenvalue weighted by Crippen LogP contribution is -2.32. The van der Waals surface area contributed by atoms with E-state index in [2.05, 4.69) is 9.97 Å². The molecule has 0 aliphatic carbocycles. The van der Waals surface area contributed by atoms with E-state index in [1.165, 1.54) is 7.11 Å². The Bertz CT molecular complexity index is 557. The Hall–Kier alpha value is -1.52. The number of halogens is 1. The molecule has 5 N–H and O–H groups in total. The van der Waals surface area contributed by atoms with E-state index in [0.29, 0.717) is 0 Å². The summed E-state index contributed by atoms with van der Waals surface area (Å²) < 4.78 is 10.3. The number of nitrogens with two attached hydrogens (primary N) is 1. The third-order valence-electron chi connectivity index (χ3n) is 3.09. The van der Waals surface area contributed by atoms with Crippen molar-refractivity contribution in [2.45, 2.75) is 24.4 Å². The molecule has 1 fully saturated rings. The highest BCUT2D eigenvalue weighted by atomic mass is 35.5. The molecule has 116 valence electrons. The minimum absolute atomic E-state index is 0.0433. The van der Waals surface area contributed by atoms with E-state index >= 15 is 0 Å². The van der Waals surface area contributed by atoms with Crippen molar-refractivity contribution in [3.63, 3.8) is 0 Å². The monoisotopic (exact) mass is 319 g/mol. The summed E-state index contributed by atoms with van der Waals surface area (Å²) in [4.78, 5) is 19.0. The molecule has 4 atom stereocenters. The molecule has 0 spiro atoms. The summed E-state index contributed by atoms with van der Waals surface area (Å²) in [5.74, 6) is -0.997. The molecular formula is C11H14ClN3O6. The second-order valence-corrected chi connectivity index (χ2v) is 4.74. The van der Waals surface area contributed by atoms with Gasteiger partial charge in [0.1, 0.15) is 30.1 Å². The number of aliphatic hydroxyl groups is 3. The van der Waals surface area contributed by atoms with E-state index in [0.717, 1.165) is 0 Å². The Morgan fingerprint density at radius 1 is 1.43 bits per heavy atom. The summed E-state index contributed by atoms with van der Waals surface area (Å²) in [5.41, 5.74) is 4.77. The fourth-order valence-corrected chi connectivity index (χ4v) is 2.24. The zero-order chi connectivity index (χ0) is 15.7. The first-order valence-electron chi connectivity index (χ1n) is 5.94. The third-order valence-corrected chi connectivity index (χ3v) is 3.35. The van der Waals surface area contributed by atoms with Gasteiger partial charge < -0.3 is 30.5 Å². The number of hydrogen-bond donors (Lipinski definition) is 4. The standard InChI is InChI=1S/C11H14ClN3O6/c1-20-11-4(14-5(10(13)19)9(12)15-11)8-7(18)6(17)3(2-16)21-8/h3,6-8,16-18H,2H2,1H3,(H2,13,19)/t3-,6-,7-,8+/m1/s1. The Balaban J connectivity index is 2.47. The lowest BCUT2D eigenvalue weighted by molar-refractivity contribution is -0.0247. The molecule has 2 rings (SSSR count). The number of hydrogen-bond acceptors (Lipinski definition) is 8. The van der Waals surface area contributed by atoms with Crippen LogP contribution in [0.2, 0.25) is 5.15 Å². The molecule has 1 aromatic heterocycles. The van der Waals surface area contributed by atoms with Crippen LogP contribution in [0.25, 0.3) is 0 Å². The number of ether oxygens (including phenoxy) is 2. The van der Waals surface area contributed by atoms with Crippen molar-refractivity contribution in [1.29, 1.82) is 0 Å². The number of aromatic nitrogens is 2. The molecule has 1 aliphatic rings. The van der Waals surface area contributed by atoms with E-state index < -0.39 is 36.9 Å². The number of primary amides is 1. The highest BCUT2D eigenvalue weighted by molar-refractivity contribution is 6.32. The van der Waals surface area contributed by atoms with Crippen LogP contribution in [0.15, 0.2) is 0 Å². The fraction of sp³-hybridized carbons (Fsp3) is 0.545. The molecule has 2 heterocycles. The molecule has 0 bridgehead atoms. The largest absolute Gasteiger partial charge is 0.480 e. The molecular weight excluding hydrogens is 306 g/mol. The van der Waals surface area contributed by atoms with Gasteiger partial charge in [-0.15, -0.1) is 0 Å². The van der Waals surface area contributed by atoms with E-state index in [1.54, 1.807) is 0 Å². The Morgan fingerprint density at radius 2 is 2.10 bits per heavy atom. The molecule has 0 aromatic carbocycles. The lowest BCUT2D eigenvalue weighted by Gasteiger charge is -2.17. The Labute approximate surface area is 124 Å². The van der Waals surface area contributed by atoms with Gasteiger partial charge in [-0.3, -0.25) is 4.79 Å². The van der Waals surface area contributed by atoms with Crippen molar-refractivity contribution >= 4 is 17.5 Å². The quantitative estimate of drug-likeness (QED) is 0.518. The van der Waals surface area contributed by atoms with Crippen molar-refractivity contribution in [2.24, 2.45) is 5.73 Å². The van der Waals surface area contributed by atoms with Crippen molar-refractivity contribution in [2.75, 3.05) is 13.7 Å². The molecule has 0 unspecified atom stereocenters. The average Bonchev–Trinajstić information content (AvgIpc) is 2.74. The van der Waals surface area contributed by atoms with Crippen LogP contribution in [0, 0.1) is 0 Å². The number of rotatable bonds is 4. The summed E-state index contributed by atoms with van der Waals surface area (Å²) in [6.45, 7) is -0.499. The van der Waals surface area contributed by atoms with Gasteiger partial charge >= 0.3 is 0 Å². The zero-order valence-electron chi connectivity index (χ0n) is 10.9. The Morgan fingerprint density at radius 3 is 2.57 bits per heavy atom. The zero-order valence-corrected chi connectivity index (χ0v) is 11.7. The lowest BCUT2D eigenvalue weighted by atomic mass is 10.1. The number of amides is 1. The number of aliphatic hydroxyl groups excluding tert-OH is 3. The van der Waals surface area contributed by atoms with Crippen molar-refractivity contribution in [3.8, 4) is 5.88 Å². The maximum atomic E-state index is 11.3. The van der Waals surface area contributed by atoms with Gasteiger partial charge in [0, 0.05) is 0 Å². The predicted octanol–water partition coefficient (Wildman–Crippen LogP) is -1.61. The molecule has 21 heavy (non-hydrogen) atoms. The number of nitrogens with zero attached hydrogens (tertiary/aromatic N) is 2. The SMILES string of the molecule is COc1nc(Cl)c(C(N)=O)nc1[C@@H]1O[C@H](CO)[C@@H](O)[C@H]1O. The van der Waals surface area contributed by atoms with E-state index in [1.807, 2.05) is 0 Å². The van der Waals surface area contributed by atoms with Crippen molar-refractivity contribution in [3.05, 3.63) is 16.5 Å². The molecule has 0 radical (unpaired) electrons. The van der Waals surface area contributed by atoms with Gasteiger partial charge in [-0.1, -0.05) is 11.6 Å². The van der Waals surface area contributed by atoms with Crippen LogP contribution in [-0.4, -0.2) is 63.2 Å². The Kier molecular flexibility index (Phi) is 4.59. The maximum absolute atomic E-state index is 11.3. The average molecular weight is 320 g/mol. The minimum Gasteiger partial charge on any atom is -0.480 e. The molecule has 1 aromatic rings.